The maximum Gasteiger partial charge on any atom is 0.328 e. The van der Waals surface area contributed by atoms with E-state index >= 15 is 0 Å². The molecule has 2 aliphatic rings. The number of amides is 3. The van der Waals surface area contributed by atoms with E-state index < -0.39 is 0 Å². The van der Waals surface area contributed by atoms with Gasteiger partial charge in [0.1, 0.15) is 0 Å². The van der Waals surface area contributed by atoms with Crippen molar-refractivity contribution in [3.05, 3.63) is 11.9 Å². The fraction of sp³-hybridized carbons (Fsp3) is 0.636. The van der Waals surface area contributed by atoms with Gasteiger partial charge in [-0.05, 0) is 0 Å². The Bertz CT molecular complexity index is 340. The second kappa shape index (κ2) is 5.67. The summed E-state index contributed by atoms with van der Waals surface area (Å²) in [5.41, 5.74) is 0.921. The van der Waals surface area contributed by atoms with Crippen molar-refractivity contribution in [1.29, 1.82) is 0 Å². The summed E-state index contributed by atoms with van der Waals surface area (Å²) in [5.74, 6) is -0.198. The zero-order chi connectivity index (χ0) is 13.0. The average molecular weight is 240 g/mol. The van der Waals surface area contributed by atoms with Gasteiger partial charge in [-0.15, -0.1) is 0 Å². The lowest BCUT2D eigenvalue weighted by Gasteiger charge is -2.27. The van der Waals surface area contributed by atoms with Crippen molar-refractivity contribution in [2.45, 2.75) is 20.3 Å². The van der Waals surface area contributed by atoms with Gasteiger partial charge in [0.25, 0.3) is 0 Å². The van der Waals surface area contributed by atoms with Crippen molar-refractivity contribution in [2.24, 2.45) is 0 Å². The number of imide groups is 1. The first-order chi connectivity index (χ1) is 8.08. The molecule has 17 heavy (non-hydrogen) atoms. The molecule has 0 saturated carbocycles. The highest BCUT2D eigenvalue weighted by Crippen LogP contribution is 2.17. The molecule has 0 aromatic carbocycles. The Morgan fingerprint density at radius 1 is 1.24 bits per heavy atom. The van der Waals surface area contributed by atoms with Crippen LogP contribution in [-0.4, -0.2) is 54.0 Å². The van der Waals surface area contributed by atoms with Gasteiger partial charge in [-0.25, -0.2) is 9.80 Å². The van der Waals surface area contributed by atoms with Crippen LogP contribution >= 0.6 is 0 Å². The molecule has 6 nitrogen and oxygen atoms in total. The number of carbonyl (C=O) groups excluding carboxylic acids is 2. The van der Waals surface area contributed by atoms with Crippen LogP contribution in [0, 0.1) is 0 Å². The van der Waals surface area contributed by atoms with Gasteiger partial charge in [-0.2, -0.15) is 0 Å². The van der Waals surface area contributed by atoms with Crippen molar-refractivity contribution in [3.63, 3.8) is 0 Å². The molecule has 96 valence electrons. The second-order valence-electron chi connectivity index (χ2n) is 3.76. The minimum absolute atomic E-state index is 0.198. The van der Waals surface area contributed by atoms with Crippen LogP contribution in [0.5, 0.6) is 0 Å². The molecule has 2 rings (SSSR count). The average Bonchev–Trinajstić information content (AvgIpc) is 2.61. The van der Waals surface area contributed by atoms with Gasteiger partial charge >= 0.3 is 6.03 Å². The van der Waals surface area contributed by atoms with E-state index in [1.54, 1.807) is 4.90 Å². The highest BCUT2D eigenvalue weighted by atomic mass is 16.2. The highest BCUT2D eigenvalue weighted by molar-refractivity contribution is 5.97. The van der Waals surface area contributed by atoms with Crippen LogP contribution in [0.15, 0.2) is 11.9 Å². The molecule has 0 aromatic heterocycles. The predicted molar refractivity (Wildman–Crippen MR) is 64.7 cm³/mol. The lowest BCUT2D eigenvalue weighted by atomic mass is 10.3. The maximum atomic E-state index is 11.5. The van der Waals surface area contributed by atoms with Gasteiger partial charge in [0, 0.05) is 33.3 Å². The summed E-state index contributed by atoms with van der Waals surface area (Å²) in [7, 11) is 3.86. The first-order valence-corrected chi connectivity index (χ1v) is 5.84. The number of carbonyl (C=O) groups is 2. The molecule has 1 saturated heterocycles. The van der Waals surface area contributed by atoms with Gasteiger partial charge in [0.2, 0.25) is 5.91 Å². The normalized spacial score (nSPS) is 20.8. The number of rotatable bonds is 1. The first-order valence-electron chi connectivity index (χ1n) is 5.84. The summed E-state index contributed by atoms with van der Waals surface area (Å²) >= 11 is 0. The zero-order valence-electron chi connectivity index (χ0n) is 10.9. The number of nitrogens with zero attached hydrogens (tertiary/aromatic N) is 3. The molecule has 0 bridgehead atoms. The molecule has 3 amide bonds. The molecule has 1 fully saturated rings. The van der Waals surface area contributed by atoms with Gasteiger partial charge in [0.05, 0.1) is 12.2 Å². The van der Waals surface area contributed by atoms with Crippen molar-refractivity contribution in [2.75, 3.05) is 27.2 Å². The molecule has 2 heterocycles. The van der Waals surface area contributed by atoms with E-state index in [4.69, 9.17) is 0 Å². The third kappa shape index (κ3) is 2.97. The zero-order valence-corrected chi connectivity index (χ0v) is 10.9. The Kier molecular flexibility index (Phi) is 4.51. The first kappa shape index (κ1) is 13.5. The predicted octanol–water partition coefficient (Wildman–Crippen LogP) is 0.588. The van der Waals surface area contributed by atoms with Crippen molar-refractivity contribution in [1.82, 2.24) is 20.2 Å². The summed E-state index contributed by atoms with van der Waals surface area (Å²) in [6, 6.07) is -0.318. The van der Waals surface area contributed by atoms with Crippen LogP contribution in [0.3, 0.4) is 0 Å². The van der Waals surface area contributed by atoms with Crippen LogP contribution in [0.2, 0.25) is 0 Å². The summed E-state index contributed by atoms with van der Waals surface area (Å²) in [5, 5.41) is 6.21. The Labute approximate surface area is 102 Å². The summed E-state index contributed by atoms with van der Waals surface area (Å²) in [6.07, 6.45) is 2.27. The van der Waals surface area contributed by atoms with E-state index in [1.165, 1.54) is 0 Å². The Morgan fingerprint density at radius 2 is 1.88 bits per heavy atom. The van der Waals surface area contributed by atoms with Gasteiger partial charge in [-0.1, -0.05) is 13.8 Å². The third-order valence-corrected chi connectivity index (χ3v) is 2.67. The van der Waals surface area contributed by atoms with Crippen LogP contribution in [0.4, 0.5) is 4.79 Å². The molecule has 1 N–H and O–H groups in total. The molecular weight excluding hydrogens is 220 g/mol. The molecule has 6 heteroatoms. The van der Waals surface area contributed by atoms with Crippen molar-refractivity contribution >= 4 is 11.9 Å². The molecule has 0 radical (unpaired) electrons. The van der Waals surface area contributed by atoms with E-state index in [2.05, 4.69) is 5.32 Å². The topological polar surface area (TPSA) is 55.9 Å². The smallest absolute Gasteiger partial charge is 0.314 e. The monoisotopic (exact) mass is 240 g/mol. The van der Waals surface area contributed by atoms with Crippen LogP contribution in [0.25, 0.3) is 0 Å². The summed E-state index contributed by atoms with van der Waals surface area (Å²) in [6.45, 7) is 5.16. The fourth-order valence-electron chi connectivity index (χ4n) is 1.69. The van der Waals surface area contributed by atoms with Crippen LogP contribution in [0.1, 0.15) is 20.3 Å². The van der Waals surface area contributed by atoms with E-state index in [9.17, 15) is 9.59 Å². The second-order valence-corrected chi connectivity index (χ2v) is 3.76. The minimum Gasteiger partial charge on any atom is -0.314 e. The summed E-state index contributed by atoms with van der Waals surface area (Å²) in [4.78, 5) is 24.1. The van der Waals surface area contributed by atoms with Gasteiger partial charge in [-0.3, -0.25) is 15.0 Å². The Morgan fingerprint density at radius 3 is 2.35 bits per heavy atom. The molecule has 2 aliphatic heterocycles. The number of nitrogens with one attached hydrogen (secondary N) is 1. The summed E-state index contributed by atoms with van der Waals surface area (Å²) < 4.78 is 0. The van der Waals surface area contributed by atoms with Crippen molar-refractivity contribution < 1.29 is 9.59 Å². The van der Waals surface area contributed by atoms with Crippen LogP contribution < -0.4 is 5.32 Å². The Balaban J connectivity index is 0.000000686. The molecule has 0 atom stereocenters. The van der Waals surface area contributed by atoms with E-state index in [-0.39, 0.29) is 11.9 Å². The molecule has 0 aliphatic carbocycles. The third-order valence-electron chi connectivity index (χ3n) is 2.67. The Hall–Kier alpha value is -1.56. The van der Waals surface area contributed by atoms with Gasteiger partial charge in [0.15, 0.2) is 0 Å². The standard InChI is InChI=1S/C9H14N4O2.C2H6/c1-11-5-7(6-12(11)2)13-4-3-8(14)10-9(13)15;1-2/h5H,3-4,6H2,1-2H3,(H,10,14,15);1-2H3. The molecule has 0 unspecified atom stereocenters. The molecule has 0 spiro atoms. The van der Waals surface area contributed by atoms with Crippen LogP contribution in [-0.2, 0) is 4.79 Å². The number of hydrazine groups is 1. The highest BCUT2D eigenvalue weighted by Gasteiger charge is 2.29. The number of hydrogen-bond donors (Lipinski definition) is 1. The number of hydrogen-bond acceptors (Lipinski definition) is 4. The SMILES string of the molecule is CC.CN1C=C(N2CCC(=O)NC2=O)CN1C. The number of urea groups is 1. The van der Waals surface area contributed by atoms with E-state index in [0.29, 0.717) is 19.5 Å². The molecular formula is C11H20N4O2. The lowest BCUT2D eigenvalue weighted by molar-refractivity contribution is -0.121. The fourth-order valence-corrected chi connectivity index (χ4v) is 1.69. The van der Waals surface area contributed by atoms with Crippen molar-refractivity contribution in [3.8, 4) is 0 Å². The minimum atomic E-state index is -0.318. The maximum absolute atomic E-state index is 11.5. The number of likely N-dealkylation sites (N-methyl/N-ethyl adjacent to an activating group) is 1. The van der Waals surface area contributed by atoms with Gasteiger partial charge < -0.3 is 5.01 Å². The largest absolute Gasteiger partial charge is 0.328 e. The van der Waals surface area contributed by atoms with E-state index in [1.807, 2.05) is 44.2 Å². The quantitative estimate of drug-likeness (QED) is 0.729. The molecule has 0 aromatic rings. The van der Waals surface area contributed by atoms with E-state index in [0.717, 1.165) is 5.70 Å². The lowest BCUT2D eigenvalue weighted by Crippen LogP contribution is -2.49.